The van der Waals surface area contributed by atoms with E-state index in [0.717, 1.165) is 24.8 Å². The first-order chi connectivity index (χ1) is 13.9. The number of nitrogens with one attached hydrogen (secondary N) is 1. The second-order valence-electron chi connectivity index (χ2n) is 7.26. The first kappa shape index (κ1) is 20.3. The molecule has 4 rings (SSSR count). The van der Waals surface area contributed by atoms with E-state index in [0.29, 0.717) is 33.0 Å². The molecule has 1 aliphatic carbocycles. The Kier molecular flexibility index (Phi) is 5.86. The number of aryl methyl sites for hydroxylation is 2. The molecule has 1 N–H and O–H groups in total. The molecular formula is C22H20Cl3N3O. The van der Waals surface area contributed by atoms with Gasteiger partial charge in [-0.3, -0.25) is 4.79 Å². The van der Waals surface area contributed by atoms with Crippen LogP contribution in [0.5, 0.6) is 0 Å². The van der Waals surface area contributed by atoms with Crippen molar-refractivity contribution in [3.05, 3.63) is 85.6 Å². The second kappa shape index (κ2) is 8.39. The molecular weight excluding hydrogens is 429 g/mol. The standard InChI is InChI=1S/C22H20Cl3N3O/c1-13-20(21(25)28(27-13)12-15-9-10-16(23)11-18(15)24)22(29)26-19-8-4-6-14-5-2-3-7-17(14)19/h2-3,5,7,9-11,19H,4,6,8,12H2,1H3,(H,26,29)/t19-/m0/s1. The van der Waals surface area contributed by atoms with Crippen molar-refractivity contribution < 1.29 is 4.79 Å². The van der Waals surface area contributed by atoms with Crippen molar-refractivity contribution >= 4 is 40.7 Å². The highest BCUT2D eigenvalue weighted by atomic mass is 35.5. The van der Waals surface area contributed by atoms with Gasteiger partial charge in [0.15, 0.2) is 0 Å². The lowest BCUT2D eigenvalue weighted by Gasteiger charge is -2.26. The summed E-state index contributed by atoms with van der Waals surface area (Å²) in [5, 5.41) is 9.01. The Balaban J connectivity index is 1.57. The average molecular weight is 449 g/mol. The zero-order valence-electron chi connectivity index (χ0n) is 15.9. The number of rotatable bonds is 4. The monoisotopic (exact) mass is 447 g/mol. The molecule has 4 nitrogen and oxygen atoms in total. The highest BCUT2D eigenvalue weighted by Crippen LogP contribution is 2.31. The fourth-order valence-corrected chi connectivity index (χ4v) is 4.65. The van der Waals surface area contributed by atoms with Gasteiger partial charge in [0, 0.05) is 10.0 Å². The number of carbonyl (C=O) groups excluding carboxylic acids is 1. The van der Waals surface area contributed by atoms with Crippen molar-refractivity contribution in [2.45, 2.75) is 38.8 Å². The summed E-state index contributed by atoms with van der Waals surface area (Å²) in [5.41, 5.74) is 4.29. The van der Waals surface area contributed by atoms with Crippen LogP contribution in [0.4, 0.5) is 0 Å². The van der Waals surface area contributed by atoms with E-state index < -0.39 is 0 Å². The van der Waals surface area contributed by atoms with E-state index >= 15 is 0 Å². The van der Waals surface area contributed by atoms with Crippen LogP contribution in [-0.2, 0) is 13.0 Å². The summed E-state index contributed by atoms with van der Waals surface area (Å²) < 4.78 is 1.59. The Morgan fingerprint density at radius 3 is 2.79 bits per heavy atom. The third kappa shape index (κ3) is 4.16. The van der Waals surface area contributed by atoms with E-state index in [1.54, 1.807) is 23.7 Å². The number of amides is 1. The summed E-state index contributed by atoms with van der Waals surface area (Å²) in [6, 6.07) is 13.5. The number of benzene rings is 2. The van der Waals surface area contributed by atoms with Crippen LogP contribution in [0, 0.1) is 6.92 Å². The van der Waals surface area contributed by atoms with Crippen molar-refractivity contribution in [2.75, 3.05) is 0 Å². The van der Waals surface area contributed by atoms with Gasteiger partial charge in [0.05, 0.1) is 23.8 Å². The Morgan fingerprint density at radius 2 is 2.00 bits per heavy atom. The Hall–Kier alpha value is -2.01. The van der Waals surface area contributed by atoms with Crippen LogP contribution in [-0.4, -0.2) is 15.7 Å². The number of nitrogens with zero attached hydrogens (tertiary/aromatic N) is 2. The molecule has 2 aromatic carbocycles. The summed E-state index contributed by atoms with van der Waals surface area (Å²) in [6.45, 7) is 2.14. The lowest BCUT2D eigenvalue weighted by molar-refractivity contribution is 0.0932. The molecule has 7 heteroatoms. The molecule has 1 aromatic heterocycles. The minimum atomic E-state index is -0.206. The highest BCUT2D eigenvalue weighted by Gasteiger charge is 2.26. The lowest BCUT2D eigenvalue weighted by Crippen LogP contribution is -2.31. The van der Waals surface area contributed by atoms with Crippen molar-refractivity contribution in [1.82, 2.24) is 15.1 Å². The molecule has 3 aromatic rings. The largest absolute Gasteiger partial charge is 0.345 e. The summed E-state index contributed by atoms with van der Waals surface area (Å²) in [6.07, 6.45) is 3.00. The SMILES string of the molecule is Cc1nn(Cc2ccc(Cl)cc2Cl)c(Cl)c1C(=O)N[C@H]1CCCc2ccccc21. The van der Waals surface area contributed by atoms with E-state index in [1.807, 2.05) is 18.2 Å². The molecule has 150 valence electrons. The van der Waals surface area contributed by atoms with Crippen molar-refractivity contribution in [3.63, 3.8) is 0 Å². The third-order valence-corrected chi connectivity index (χ3v) is 6.27. The maximum Gasteiger partial charge on any atom is 0.256 e. The van der Waals surface area contributed by atoms with Crippen LogP contribution in [0.3, 0.4) is 0 Å². The van der Waals surface area contributed by atoms with Gasteiger partial charge in [0.25, 0.3) is 5.91 Å². The third-order valence-electron chi connectivity index (χ3n) is 5.30. The predicted octanol–water partition coefficient (Wildman–Crippen LogP) is 6.01. The number of fused-ring (bicyclic) bond motifs is 1. The normalized spacial score (nSPS) is 15.8. The molecule has 0 fully saturated rings. The molecule has 0 aliphatic heterocycles. The smallest absolute Gasteiger partial charge is 0.256 e. The summed E-state index contributed by atoms with van der Waals surface area (Å²) in [5.74, 6) is -0.206. The fraction of sp³-hybridized carbons (Fsp3) is 0.273. The minimum Gasteiger partial charge on any atom is -0.345 e. The molecule has 1 aliphatic rings. The van der Waals surface area contributed by atoms with Gasteiger partial charge in [-0.15, -0.1) is 0 Å². The van der Waals surface area contributed by atoms with Crippen LogP contribution in [0.15, 0.2) is 42.5 Å². The van der Waals surface area contributed by atoms with Crippen LogP contribution < -0.4 is 5.32 Å². The molecule has 0 spiro atoms. The summed E-state index contributed by atoms with van der Waals surface area (Å²) >= 11 is 18.8. The molecule has 1 amide bonds. The Labute approximate surface area is 184 Å². The van der Waals surface area contributed by atoms with E-state index in [4.69, 9.17) is 34.8 Å². The van der Waals surface area contributed by atoms with E-state index in [2.05, 4.69) is 22.5 Å². The number of hydrogen-bond acceptors (Lipinski definition) is 2. The minimum absolute atomic E-state index is 0.0167. The number of hydrogen-bond donors (Lipinski definition) is 1. The van der Waals surface area contributed by atoms with Gasteiger partial charge in [-0.05, 0) is 55.0 Å². The predicted molar refractivity (Wildman–Crippen MR) is 117 cm³/mol. The number of halogens is 3. The van der Waals surface area contributed by atoms with Gasteiger partial charge < -0.3 is 5.32 Å². The highest BCUT2D eigenvalue weighted by molar-refractivity contribution is 6.35. The zero-order valence-corrected chi connectivity index (χ0v) is 18.2. The molecule has 1 heterocycles. The fourth-order valence-electron chi connectivity index (χ4n) is 3.86. The van der Waals surface area contributed by atoms with Gasteiger partial charge in [0.2, 0.25) is 0 Å². The molecule has 0 radical (unpaired) electrons. The topological polar surface area (TPSA) is 46.9 Å². The molecule has 1 atom stereocenters. The van der Waals surface area contributed by atoms with Gasteiger partial charge in [-0.1, -0.05) is 65.1 Å². The van der Waals surface area contributed by atoms with Gasteiger partial charge in [-0.25, -0.2) is 4.68 Å². The van der Waals surface area contributed by atoms with Gasteiger partial charge in [0.1, 0.15) is 5.15 Å². The molecule has 0 saturated heterocycles. The van der Waals surface area contributed by atoms with Crippen molar-refractivity contribution in [2.24, 2.45) is 0 Å². The van der Waals surface area contributed by atoms with Crippen LogP contribution in [0.1, 0.15) is 51.6 Å². The van der Waals surface area contributed by atoms with Crippen molar-refractivity contribution in [3.8, 4) is 0 Å². The first-order valence-electron chi connectivity index (χ1n) is 9.49. The maximum atomic E-state index is 13.0. The Bertz CT molecular complexity index is 1080. The number of carbonyl (C=O) groups is 1. The Morgan fingerprint density at radius 1 is 1.21 bits per heavy atom. The lowest BCUT2D eigenvalue weighted by atomic mass is 9.87. The summed E-state index contributed by atoms with van der Waals surface area (Å²) in [7, 11) is 0. The molecule has 0 bridgehead atoms. The van der Waals surface area contributed by atoms with Gasteiger partial charge >= 0.3 is 0 Å². The van der Waals surface area contributed by atoms with Crippen molar-refractivity contribution in [1.29, 1.82) is 0 Å². The quantitative estimate of drug-likeness (QED) is 0.531. The van der Waals surface area contributed by atoms with E-state index in [-0.39, 0.29) is 11.9 Å². The zero-order chi connectivity index (χ0) is 20.5. The molecule has 0 saturated carbocycles. The van der Waals surface area contributed by atoms with E-state index in [9.17, 15) is 4.79 Å². The first-order valence-corrected chi connectivity index (χ1v) is 10.6. The summed E-state index contributed by atoms with van der Waals surface area (Å²) in [4.78, 5) is 13.0. The van der Waals surface area contributed by atoms with E-state index in [1.165, 1.54) is 11.1 Å². The molecule has 0 unspecified atom stereocenters. The second-order valence-corrected chi connectivity index (χ2v) is 8.46. The van der Waals surface area contributed by atoms with Crippen LogP contribution in [0.2, 0.25) is 15.2 Å². The van der Waals surface area contributed by atoms with Crippen LogP contribution >= 0.6 is 34.8 Å². The van der Waals surface area contributed by atoms with Crippen LogP contribution in [0.25, 0.3) is 0 Å². The molecule has 29 heavy (non-hydrogen) atoms. The maximum absolute atomic E-state index is 13.0. The number of aromatic nitrogens is 2. The average Bonchev–Trinajstić information content (AvgIpc) is 2.97. The van der Waals surface area contributed by atoms with Gasteiger partial charge in [-0.2, -0.15) is 5.10 Å².